The number of amides is 1. The topological polar surface area (TPSA) is 87.7 Å². The first-order chi connectivity index (χ1) is 15.3. The summed E-state index contributed by atoms with van der Waals surface area (Å²) in [5.41, 5.74) is 0.397. The highest BCUT2D eigenvalue weighted by Crippen LogP contribution is 2.33. The highest BCUT2D eigenvalue weighted by Gasteiger charge is 2.19. The van der Waals surface area contributed by atoms with E-state index in [9.17, 15) is 14.0 Å². The second-order valence-corrected chi connectivity index (χ2v) is 9.23. The van der Waals surface area contributed by atoms with E-state index in [1.54, 1.807) is 20.0 Å². The van der Waals surface area contributed by atoms with Crippen molar-refractivity contribution in [2.75, 3.05) is 0 Å². The van der Waals surface area contributed by atoms with Crippen molar-refractivity contribution < 1.29 is 9.18 Å². The Bertz CT molecular complexity index is 1300. The summed E-state index contributed by atoms with van der Waals surface area (Å²) >= 11 is 7.78. The van der Waals surface area contributed by atoms with Crippen molar-refractivity contribution in [3.63, 3.8) is 0 Å². The van der Waals surface area contributed by atoms with Crippen molar-refractivity contribution in [2.45, 2.75) is 33.2 Å². The van der Waals surface area contributed by atoms with Crippen LogP contribution in [-0.2, 0) is 11.3 Å². The number of benzene rings is 1. The number of carbonyl (C=O) groups excluding carboxylic acids is 1. The number of aromatic amines is 1. The highest BCUT2D eigenvalue weighted by atomic mass is 35.5. The van der Waals surface area contributed by atoms with Crippen molar-refractivity contribution in [3.8, 4) is 33.8 Å². The lowest BCUT2D eigenvalue weighted by Gasteiger charge is -2.13. The quantitative estimate of drug-likeness (QED) is 0.541. The number of hydrogen-bond acceptors (Lipinski definition) is 5. The van der Waals surface area contributed by atoms with Crippen LogP contribution in [-0.4, -0.2) is 20.9 Å². The zero-order valence-corrected chi connectivity index (χ0v) is 19.0. The average Bonchev–Trinajstić information content (AvgIpc) is 3.46. The maximum Gasteiger partial charge on any atom is 0.251 e. The molecule has 1 saturated carbocycles. The number of nitrogens with one attached hydrogen (secondary N) is 2. The van der Waals surface area contributed by atoms with E-state index in [0.717, 1.165) is 12.8 Å². The summed E-state index contributed by atoms with van der Waals surface area (Å²) < 4.78 is 14.7. The third-order valence-corrected chi connectivity index (χ3v) is 6.21. The van der Waals surface area contributed by atoms with E-state index in [4.69, 9.17) is 11.6 Å². The second kappa shape index (κ2) is 9.23. The van der Waals surface area contributed by atoms with E-state index in [-0.39, 0.29) is 34.8 Å². The van der Waals surface area contributed by atoms with Crippen LogP contribution < -0.4 is 10.9 Å². The number of thiazole rings is 1. The van der Waals surface area contributed by atoms with Gasteiger partial charge in [0.1, 0.15) is 11.6 Å². The smallest absolute Gasteiger partial charge is 0.251 e. The Morgan fingerprint density at radius 2 is 2.19 bits per heavy atom. The summed E-state index contributed by atoms with van der Waals surface area (Å²) in [5.74, 6) is 5.68. The molecule has 3 aromatic rings. The maximum atomic E-state index is 14.7. The molecule has 0 radical (unpaired) electrons. The van der Waals surface area contributed by atoms with Gasteiger partial charge in [-0.15, -0.1) is 11.3 Å². The normalized spacial score (nSPS) is 13.0. The molecule has 1 aliphatic carbocycles. The van der Waals surface area contributed by atoms with E-state index in [0.29, 0.717) is 27.1 Å². The summed E-state index contributed by atoms with van der Waals surface area (Å²) in [4.78, 5) is 36.1. The number of hydrogen-bond donors (Lipinski definition) is 2. The van der Waals surface area contributed by atoms with Crippen LogP contribution in [0.2, 0.25) is 5.02 Å². The maximum absolute atomic E-state index is 14.7. The molecule has 0 aliphatic heterocycles. The highest BCUT2D eigenvalue weighted by molar-refractivity contribution is 7.15. The van der Waals surface area contributed by atoms with E-state index in [2.05, 4.69) is 32.1 Å². The van der Waals surface area contributed by atoms with Gasteiger partial charge in [-0.1, -0.05) is 37.4 Å². The van der Waals surface area contributed by atoms with E-state index >= 15 is 0 Å². The summed E-state index contributed by atoms with van der Waals surface area (Å²) in [6.07, 6.45) is 3.84. The van der Waals surface area contributed by atoms with Crippen molar-refractivity contribution in [3.05, 3.63) is 56.2 Å². The third kappa shape index (κ3) is 5.06. The number of nitrogens with zero attached hydrogens (tertiary/aromatic N) is 2. The van der Waals surface area contributed by atoms with Crippen molar-refractivity contribution >= 4 is 28.8 Å². The van der Waals surface area contributed by atoms with Gasteiger partial charge in [0.15, 0.2) is 5.01 Å². The van der Waals surface area contributed by atoms with Gasteiger partial charge in [0, 0.05) is 30.6 Å². The number of rotatable bonds is 5. The van der Waals surface area contributed by atoms with Crippen LogP contribution in [0, 0.1) is 29.5 Å². The van der Waals surface area contributed by atoms with Crippen LogP contribution in [0.5, 0.6) is 0 Å². The van der Waals surface area contributed by atoms with Crippen LogP contribution in [0.3, 0.4) is 0 Å². The standard InChI is InChI=1S/C23H20ClFN4O2S/c1-12(2)23(31)27-10-14-6-7-15(25)20(21(14)24)22-28-16(9-18(30)29-22)17-11-26-19(32-17)8-5-13-3-4-13/h6-7,9,11-13H,3-4,10H2,1-2H3,(H,27,31)(H,28,29,30). The molecule has 2 aromatic heterocycles. The van der Waals surface area contributed by atoms with Crippen LogP contribution >= 0.6 is 22.9 Å². The minimum atomic E-state index is -0.630. The van der Waals surface area contributed by atoms with Gasteiger partial charge >= 0.3 is 0 Å². The van der Waals surface area contributed by atoms with Crippen molar-refractivity contribution in [1.29, 1.82) is 0 Å². The van der Waals surface area contributed by atoms with Gasteiger partial charge < -0.3 is 10.3 Å². The SMILES string of the molecule is CC(C)C(=O)NCc1ccc(F)c(-c2nc(-c3cnc(C#CC4CC4)s3)cc(=O)[nH]2)c1Cl. The first-order valence-corrected chi connectivity index (χ1v) is 11.4. The minimum Gasteiger partial charge on any atom is -0.352 e. The van der Waals surface area contributed by atoms with Gasteiger partial charge in [-0.2, -0.15) is 0 Å². The predicted octanol–water partition coefficient (Wildman–Crippen LogP) is 4.39. The molecule has 1 aromatic carbocycles. The first kappa shape index (κ1) is 22.2. The predicted molar refractivity (Wildman–Crippen MR) is 123 cm³/mol. The minimum absolute atomic E-state index is 0.00560. The Balaban J connectivity index is 1.67. The number of carbonyl (C=O) groups is 1. The summed E-state index contributed by atoms with van der Waals surface area (Å²) in [6, 6.07) is 4.06. The molecule has 0 atom stereocenters. The molecule has 9 heteroatoms. The Labute approximate surface area is 193 Å². The lowest BCUT2D eigenvalue weighted by molar-refractivity contribution is -0.124. The molecule has 0 saturated heterocycles. The molecule has 2 heterocycles. The Hall–Kier alpha value is -3.02. The molecule has 0 bridgehead atoms. The molecule has 1 amide bonds. The number of H-pyrrole nitrogens is 1. The average molecular weight is 471 g/mol. The lowest BCUT2D eigenvalue weighted by Crippen LogP contribution is -2.27. The van der Waals surface area contributed by atoms with Crippen LogP contribution in [0.25, 0.3) is 22.0 Å². The Morgan fingerprint density at radius 3 is 2.91 bits per heavy atom. The van der Waals surface area contributed by atoms with Gasteiger partial charge in [0.2, 0.25) is 5.91 Å². The summed E-state index contributed by atoms with van der Waals surface area (Å²) in [6.45, 7) is 3.68. The van der Waals surface area contributed by atoms with E-state index in [1.165, 1.54) is 29.5 Å². The molecule has 2 N–H and O–H groups in total. The molecule has 0 spiro atoms. The molecule has 6 nitrogen and oxygen atoms in total. The fourth-order valence-corrected chi connectivity index (χ4v) is 3.93. The fourth-order valence-electron chi connectivity index (χ4n) is 2.88. The second-order valence-electron chi connectivity index (χ2n) is 7.82. The first-order valence-electron chi connectivity index (χ1n) is 10.2. The largest absolute Gasteiger partial charge is 0.352 e. The zero-order chi connectivity index (χ0) is 22.8. The third-order valence-electron chi connectivity index (χ3n) is 4.85. The van der Waals surface area contributed by atoms with Gasteiger partial charge in [-0.05, 0) is 30.4 Å². The summed E-state index contributed by atoms with van der Waals surface area (Å²) in [5, 5.41) is 3.48. The van der Waals surface area contributed by atoms with Gasteiger partial charge in [0.25, 0.3) is 5.56 Å². The molecule has 1 aliphatic rings. The molecular weight excluding hydrogens is 451 g/mol. The Morgan fingerprint density at radius 1 is 1.41 bits per heavy atom. The molecular formula is C23H20ClFN4O2S. The molecule has 0 unspecified atom stereocenters. The molecule has 4 rings (SSSR count). The van der Waals surface area contributed by atoms with Crippen molar-refractivity contribution in [2.24, 2.45) is 11.8 Å². The summed E-state index contributed by atoms with van der Waals surface area (Å²) in [7, 11) is 0. The van der Waals surface area contributed by atoms with Crippen LogP contribution in [0.1, 0.15) is 37.3 Å². The zero-order valence-electron chi connectivity index (χ0n) is 17.5. The molecule has 32 heavy (non-hydrogen) atoms. The Kier molecular flexibility index (Phi) is 6.40. The fraction of sp³-hybridized carbons (Fsp3) is 0.304. The lowest BCUT2D eigenvalue weighted by atomic mass is 10.1. The monoisotopic (exact) mass is 470 g/mol. The van der Waals surface area contributed by atoms with Crippen LogP contribution in [0.15, 0.2) is 29.2 Å². The van der Waals surface area contributed by atoms with Crippen molar-refractivity contribution in [1.82, 2.24) is 20.3 Å². The number of aromatic nitrogens is 3. The van der Waals surface area contributed by atoms with Gasteiger partial charge in [0.05, 0.1) is 21.2 Å². The van der Waals surface area contributed by atoms with Crippen LogP contribution in [0.4, 0.5) is 4.39 Å². The van der Waals surface area contributed by atoms with Gasteiger partial charge in [-0.3, -0.25) is 9.59 Å². The van der Waals surface area contributed by atoms with E-state index in [1.807, 2.05) is 0 Å². The molecule has 1 fully saturated rings. The van der Waals surface area contributed by atoms with E-state index < -0.39 is 11.4 Å². The van der Waals surface area contributed by atoms with Gasteiger partial charge in [-0.25, -0.2) is 14.4 Å². The molecule has 164 valence electrons. The number of halogens is 2.